The summed E-state index contributed by atoms with van der Waals surface area (Å²) in [6.45, 7) is 11.1. The number of hydrogen-bond acceptors (Lipinski definition) is 5. The summed E-state index contributed by atoms with van der Waals surface area (Å²) in [6, 6.07) is 5.98. The van der Waals surface area contributed by atoms with Crippen LogP contribution in [0.5, 0.6) is 0 Å². The zero-order valence-electron chi connectivity index (χ0n) is 20.4. The molecule has 1 rings (SSSR count). The lowest BCUT2D eigenvalue weighted by atomic mass is 9.76. The van der Waals surface area contributed by atoms with E-state index in [-0.39, 0.29) is 23.9 Å². The topological polar surface area (TPSA) is 125 Å². The number of amides is 2. The Kier molecular flexibility index (Phi) is 9.03. The van der Waals surface area contributed by atoms with Crippen molar-refractivity contribution in [3.05, 3.63) is 41.5 Å². The van der Waals surface area contributed by atoms with Crippen LogP contribution in [0.1, 0.15) is 47.1 Å². The van der Waals surface area contributed by atoms with Gasteiger partial charge in [-0.2, -0.15) is 0 Å². The second kappa shape index (κ2) is 10.6. The zero-order valence-corrected chi connectivity index (χ0v) is 20.4. The van der Waals surface area contributed by atoms with E-state index in [0.717, 1.165) is 5.56 Å². The van der Waals surface area contributed by atoms with Gasteiger partial charge in [0.1, 0.15) is 6.04 Å². The number of nitrogens with one attached hydrogen (secondary N) is 2. The molecule has 2 unspecified atom stereocenters. The molecule has 8 nitrogen and oxygen atoms in total. The van der Waals surface area contributed by atoms with E-state index in [1.54, 1.807) is 20.2 Å². The number of benzene rings is 1. The minimum absolute atomic E-state index is 0.129. The van der Waals surface area contributed by atoms with Gasteiger partial charge in [-0.3, -0.25) is 9.59 Å². The summed E-state index contributed by atoms with van der Waals surface area (Å²) in [4.78, 5) is 39.0. The molecule has 0 saturated heterocycles. The van der Waals surface area contributed by atoms with Crippen LogP contribution in [0.4, 0.5) is 5.69 Å². The van der Waals surface area contributed by atoms with Gasteiger partial charge < -0.3 is 26.4 Å². The maximum Gasteiger partial charge on any atom is 0.331 e. The minimum Gasteiger partial charge on any atom is -0.478 e. The predicted octanol–water partition coefficient (Wildman–Crippen LogP) is 2.15. The molecule has 1 aromatic carbocycles. The lowest BCUT2D eigenvalue weighted by molar-refractivity contribution is -0.139. The van der Waals surface area contributed by atoms with Gasteiger partial charge in [0.25, 0.3) is 0 Å². The highest BCUT2D eigenvalue weighted by Gasteiger charge is 2.40. The van der Waals surface area contributed by atoms with Gasteiger partial charge in [0, 0.05) is 30.3 Å². The summed E-state index contributed by atoms with van der Waals surface area (Å²) in [6.07, 6.45) is 1.47. The first kappa shape index (κ1) is 27.2. The number of carbonyl (C=O) groups excluding carboxylic acids is 2. The molecule has 0 aliphatic heterocycles. The Morgan fingerprint density at radius 3 is 2.22 bits per heavy atom. The summed E-state index contributed by atoms with van der Waals surface area (Å²) in [5.74, 6) is -1.64. The standard InChI is InChI=1S/C24H38N4O4/c1-15(22(31)32)12-13-28(8)21(30)19(23(2,3)4)27-20(29)18(26-7)24(5,6)16-10-9-11-17(25)14-16/h9-12,14,18-19,26H,13,25H2,1-8H3,(H,27,29)(H,31,32)/b15-12+. The number of aliphatic carboxylic acids is 1. The van der Waals surface area contributed by atoms with Crippen LogP contribution >= 0.6 is 0 Å². The monoisotopic (exact) mass is 446 g/mol. The Morgan fingerprint density at radius 1 is 1.16 bits per heavy atom. The molecule has 178 valence electrons. The van der Waals surface area contributed by atoms with Crippen molar-refractivity contribution in [1.29, 1.82) is 0 Å². The number of carboxylic acid groups (broad SMARTS) is 1. The van der Waals surface area contributed by atoms with Crippen molar-refractivity contribution in [3.8, 4) is 0 Å². The number of likely N-dealkylation sites (N-methyl/N-ethyl adjacent to an activating group) is 2. The van der Waals surface area contributed by atoms with Crippen LogP contribution in [0.2, 0.25) is 0 Å². The fraction of sp³-hybridized carbons (Fsp3) is 0.542. The molecule has 32 heavy (non-hydrogen) atoms. The third-order valence-corrected chi connectivity index (χ3v) is 5.69. The van der Waals surface area contributed by atoms with Crippen molar-refractivity contribution in [1.82, 2.24) is 15.5 Å². The molecule has 8 heteroatoms. The first-order chi connectivity index (χ1) is 14.6. The lowest BCUT2D eigenvalue weighted by Gasteiger charge is -2.38. The third kappa shape index (κ3) is 6.82. The van der Waals surface area contributed by atoms with Gasteiger partial charge in [0.05, 0.1) is 6.04 Å². The average molecular weight is 447 g/mol. The summed E-state index contributed by atoms with van der Waals surface area (Å²) >= 11 is 0. The predicted molar refractivity (Wildman–Crippen MR) is 127 cm³/mol. The van der Waals surface area contributed by atoms with Crippen LogP contribution in [-0.4, -0.2) is 60.5 Å². The van der Waals surface area contributed by atoms with Gasteiger partial charge in [-0.25, -0.2) is 4.79 Å². The van der Waals surface area contributed by atoms with Crippen molar-refractivity contribution >= 4 is 23.5 Å². The average Bonchev–Trinajstić information content (AvgIpc) is 2.68. The van der Waals surface area contributed by atoms with Crippen LogP contribution in [-0.2, 0) is 19.8 Å². The van der Waals surface area contributed by atoms with Crippen molar-refractivity contribution in [3.63, 3.8) is 0 Å². The summed E-state index contributed by atoms with van der Waals surface area (Å²) in [5, 5.41) is 15.0. The molecule has 1 aromatic rings. The molecule has 2 amide bonds. The molecule has 0 heterocycles. The number of nitrogens with two attached hydrogens (primary N) is 1. The molecule has 0 spiro atoms. The van der Waals surface area contributed by atoms with Gasteiger partial charge in [0.2, 0.25) is 11.8 Å². The number of nitrogen functional groups attached to an aromatic ring is 1. The molecule has 0 aliphatic carbocycles. The molecule has 0 aromatic heterocycles. The van der Waals surface area contributed by atoms with Crippen LogP contribution in [0.25, 0.3) is 0 Å². The SMILES string of the molecule is CNC(C(=O)NC(C(=O)N(C)C/C=C(\C)C(=O)O)C(C)(C)C)C(C)(C)c1cccc(N)c1. The fourth-order valence-electron chi connectivity index (χ4n) is 3.47. The number of anilines is 1. The number of carboxylic acids is 1. The van der Waals surface area contributed by atoms with E-state index in [1.165, 1.54) is 17.9 Å². The molecule has 0 fully saturated rings. The van der Waals surface area contributed by atoms with Crippen LogP contribution in [0.15, 0.2) is 35.9 Å². The smallest absolute Gasteiger partial charge is 0.331 e. The maximum absolute atomic E-state index is 13.4. The highest BCUT2D eigenvalue weighted by Crippen LogP contribution is 2.29. The summed E-state index contributed by atoms with van der Waals surface area (Å²) in [7, 11) is 3.29. The first-order valence-corrected chi connectivity index (χ1v) is 10.6. The number of carbonyl (C=O) groups is 3. The van der Waals surface area contributed by atoms with Crippen molar-refractivity contribution in [2.75, 3.05) is 26.4 Å². The summed E-state index contributed by atoms with van der Waals surface area (Å²) < 4.78 is 0. The second-order valence-corrected chi connectivity index (χ2v) is 9.79. The van der Waals surface area contributed by atoms with Gasteiger partial charge in [-0.05, 0) is 37.1 Å². The number of rotatable bonds is 9. The van der Waals surface area contributed by atoms with E-state index in [1.807, 2.05) is 52.8 Å². The second-order valence-electron chi connectivity index (χ2n) is 9.79. The minimum atomic E-state index is -1.04. The normalized spacial score (nSPS) is 14.4. The molecule has 2 atom stereocenters. The van der Waals surface area contributed by atoms with E-state index in [2.05, 4.69) is 10.6 Å². The van der Waals surface area contributed by atoms with E-state index >= 15 is 0 Å². The maximum atomic E-state index is 13.4. The van der Waals surface area contributed by atoms with Gasteiger partial charge in [-0.15, -0.1) is 0 Å². The fourth-order valence-corrected chi connectivity index (χ4v) is 3.47. The first-order valence-electron chi connectivity index (χ1n) is 10.6. The van der Waals surface area contributed by atoms with Crippen LogP contribution in [0, 0.1) is 5.41 Å². The largest absolute Gasteiger partial charge is 0.478 e. The number of hydrogen-bond donors (Lipinski definition) is 4. The molecule has 0 saturated carbocycles. The highest BCUT2D eigenvalue weighted by molar-refractivity contribution is 5.91. The quantitative estimate of drug-likeness (QED) is 0.340. The van der Waals surface area contributed by atoms with Crippen molar-refractivity contribution < 1.29 is 19.5 Å². The third-order valence-electron chi connectivity index (χ3n) is 5.69. The van der Waals surface area contributed by atoms with E-state index in [9.17, 15) is 14.4 Å². The van der Waals surface area contributed by atoms with Crippen LogP contribution < -0.4 is 16.4 Å². The highest BCUT2D eigenvalue weighted by atomic mass is 16.4. The van der Waals surface area contributed by atoms with E-state index in [4.69, 9.17) is 10.8 Å². The molecule has 0 bridgehead atoms. The van der Waals surface area contributed by atoms with E-state index in [0.29, 0.717) is 5.69 Å². The van der Waals surface area contributed by atoms with Crippen molar-refractivity contribution in [2.24, 2.45) is 5.41 Å². The number of nitrogens with zero attached hydrogens (tertiary/aromatic N) is 1. The van der Waals surface area contributed by atoms with Crippen LogP contribution in [0.3, 0.4) is 0 Å². The Hall–Kier alpha value is -2.87. The van der Waals surface area contributed by atoms with Gasteiger partial charge in [0.15, 0.2) is 0 Å². The molecular weight excluding hydrogens is 408 g/mol. The Balaban J connectivity index is 3.14. The molecule has 0 aliphatic rings. The van der Waals surface area contributed by atoms with Crippen molar-refractivity contribution in [2.45, 2.75) is 59.0 Å². The Morgan fingerprint density at radius 2 is 1.75 bits per heavy atom. The van der Waals surface area contributed by atoms with Gasteiger partial charge in [-0.1, -0.05) is 52.8 Å². The summed E-state index contributed by atoms with van der Waals surface area (Å²) in [5.41, 5.74) is 6.44. The van der Waals surface area contributed by atoms with E-state index < -0.39 is 28.9 Å². The molecular formula is C24H38N4O4. The lowest BCUT2D eigenvalue weighted by Crippen LogP contribution is -2.60. The molecule has 5 N–H and O–H groups in total. The zero-order chi connectivity index (χ0) is 24.9. The molecule has 0 radical (unpaired) electrons. The Bertz CT molecular complexity index is 871. The van der Waals surface area contributed by atoms with Gasteiger partial charge >= 0.3 is 5.97 Å². The Labute approximate surface area is 191 Å².